The molecule has 0 bridgehead atoms. The van der Waals surface area contributed by atoms with E-state index in [9.17, 15) is 9.18 Å². The maximum atomic E-state index is 13.2. The van der Waals surface area contributed by atoms with Gasteiger partial charge in [0, 0.05) is 12.1 Å². The van der Waals surface area contributed by atoms with Crippen molar-refractivity contribution in [2.75, 3.05) is 20.9 Å². The normalized spacial score (nSPS) is 21.3. The first-order valence-corrected chi connectivity index (χ1v) is 10.3. The quantitative estimate of drug-likeness (QED) is 0.782. The van der Waals surface area contributed by atoms with Crippen LogP contribution in [0.2, 0.25) is 0 Å². The molecule has 0 spiro atoms. The van der Waals surface area contributed by atoms with Crippen LogP contribution < -0.4 is 19.5 Å². The molecule has 1 amide bonds. The number of halogens is 1. The van der Waals surface area contributed by atoms with Crippen LogP contribution in [-0.2, 0) is 4.79 Å². The molecule has 160 valence electrons. The summed E-state index contributed by atoms with van der Waals surface area (Å²) in [4.78, 5) is 14.8. The third-order valence-corrected chi connectivity index (χ3v) is 5.62. The van der Waals surface area contributed by atoms with Gasteiger partial charge >= 0.3 is 0 Å². The van der Waals surface area contributed by atoms with E-state index in [1.165, 1.54) is 12.1 Å². The van der Waals surface area contributed by atoms with E-state index in [-0.39, 0.29) is 30.7 Å². The lowest BCUT2D eigenvalue weighted by Crippen LogP contribution is -2.44. The van der Waals surface area contributed by atoms with Gasteiger partial charge in [-0.25, -0.2) is 4.39 Å². The largest absolute Gasteiger partial charge is 0.490 e. The number of nitrogens with one attached hydrogen (secondary N) is 1. The predicted octanol–water partition coefficient (Wildman–Crippen LogP) is 3.66. The molecular formula is C23H27FN2O4. The maximum absolute atomic E-state index is 13.2. The summed E-state index contributed by atoms with van der Waals surface area (Å²) < 4.78 is 30.1. The Morgan fingerprint density at radius 2 is 1.77 bits per heavy atom. The second-order valence-corrected chi connectivity index (χ2v) is 8.03. The number of amides is 1. The average molecular weight is 414 g/mol. The molecular weight excluding hydrogens is 387 g/mol. The zero-order valence-electron chi connectivity index (χ0n) is 17.3. The van der Waals surface area contributed by atoms with Crippen molar-refractivity contribution < 1.29 is 23.4 Å². The van der Waals surface area contributed by atoms with Crippen molar-refractivity contribution in [3.63, 3.8) is 0 Å². The van der Waals surface area contributed by atoms with Crippen molar-refractivity contribution in [2.45, 2.75) is 43.9 Å². The highest BCUT2D eigenvalue weighted by atomic mass is 19.1. The Labute approximate surface area is 175 Å². The molecule has 2 aliphatic rings. The molecule has 0 aromatic heterocycles. The molecule has 7 heteroatoms. The van der Waals surface area contributed by atoms with Crippen LogP contribution in [0.15, 0.2) is 42.5 Å². The van der Waals surface area contributed by atoms with E-state index in [1.807, 2.05) is 37.2 Å². The molecule has 6 nitrogen and oxygen atoms in total. The first-order valence-electron chi connectivity index (χ1n) is 10.3. The van der Waals surface area contributed by atoms with Crippen molar-refractivity contribution in [1.82, 2.24) is 10.2 Å². The molecule has 1 atom stereocenters. The van der Waals surface area contributed by atoms with Crippen LogP contribution in [0.5, 0.6) is 17.2 Å². The average Bonchev–Trinajstić information content (AvgIpc) is 3.19. The fourth-order valence-electron chi connectivity index (χ4n) is 4.08. The van der Waals surface area contributed by atoms with E-state index in [4.69, 9.17) is 14.2 Å². The zero-order chi connectivity index (χ0) is 21.1. The molecule has 0 radical (unpaired) electrons. The van der Waals surface area contributed by atoms with Crippen LogP contribution in [0.4, 0.5) is 4.39 Å². The third kappa shape index (κ3) is 4.67. The van der Waals surface area contributed by atoms with E-state index in [0.29, 0.717) is 5.75 Å². The second-order valence-electron chi connectivity index (χ2n) is 8.03. The summed E-state index contributed by atoms with van der Waals surface area (Å²) >= 11 is 0. The maximum Gasteiger partial charge on any atom is 0.242 e. The summed E-state index contributed by atoms with van der Waals surface area (Å²) in [5.41, 5.74) is 0.777. The molecule has 1 aliphatic heterocycles. The third-order valence-electron chi connectivity index (χ3n) is 5.62. The van der Waals surface area contributed by atoms with Gasteiger partial charge in [0.25, 0.3) is 0 Å². The number of likely N-dealkylation sites (N-methyl/N-ethyl adjacent to an activating group) is 1. The molecule has 1 N–H and O–H groups in total. The van der Waals surface area contributed by atoms with Crippen LogP contribution >= 0.6 is 0 Å². The SMILES string of the molecule is CN(C)C(C(=O)NC1CCC(Oc2ccc3c(c2)OCO3)CC1)c1ccc(F)cc1. The molecule has 1 unspecified atom stereocenters. The highest BCUT2D eigenvalue weighted by Crippen LogP contribution is 2.36. The van der Waals surface area contributed by atoms with E-state index in [2.05, 4.69) is 5.32 Å². The van der Waals surface area contributed by atoms with Gasteiger partial charge < -0.3 is 19.5 Å². The van der Waals surface area contributed by atoms with Crippen LogP contribution in [0.3, 0.4) is 0 Å². The molecule has 1 saturated carbocycles. The van der Waals surface area contributed by atoms with Crippen molar-refractivity contribution >= 4 is 5.91 Å². The number of hydrogen-bond donors (Lipinski definition) is 1. The second kappa shape index (κ2) is 8.92. The topological polar surface area (TPSA) is 60.0 Å². The molecule has 2 aromatic carbocycles. The smallest absolute Gasteiger partial charge is 0.242 e. The van der Waals surface area contributed by atoms with Crippen LogP contribution in [0, 0.1) is 5.82 Å². The Balaban J connectivity index is 1.30. The van der Waals surface area contributed by atoms with Gasteiger partial charge in [0.05, 0.1) is 6.10 Å². The van der Waals surface area contributed by atoms with Gasteiger partial charge in [-0.05, 0) is 69.6 Å². The Morgan fingerprint density at radius 1 is 1.07 bits per heavy atom. The van der Waals surface area contributed by atoms with E-state index < -0.39 is 6.04 Å². The van der Waals surface area contributed by atoms with Crippen LogP contribution in [0.1, 0.15) is 37.3 Å². The van der Waals surface area contributed by atoms with Gasteiger partial charge in [0.1, 0.15) is 17.6 Å². The number of carbonyl (C=O) groups excluding carboxylic acids is 1. The van der Waals surface area contributed by atoms with E-state index in [1.54, 1.807) is 12.1 Å². The van der Waals surface area contributed by atoms with E-state index in [0.717, 1.165) is 42.7 Å². The highest BCUT2D eigenvalue weighted by molar-refractivity contribution is 5.83. The van der Waals surface area contributed by atoms with Crippen LogP contribution in [-0.4, -0.2) is 43.8 Å². The molecule has 1 aliphatic carbocycles. The lowest BCUT2D eigenvalue weighted by Gasteiger charge is -2.32. The predicted molar refractivity (Wildman–Crippen MR) is 110 cm³/mol. The minimum Gasteiger partial charge on any atom is -0.490 e. The Morgan fingerprint density at radius 3 is 2.47 bits per heavy atom. The van der Waals surface area contributed by atoms with Crippen molar-refractivity contribution in [3.05, 3.63) is 53.8 Å². The molecule has 1 fully saturated rings. The van der Waals surface area contributed by atoms with Gasteiger partial charge in [-0.3, -0.25) is 9.69 Å². The Hall–Kier alpha value is -2.80. The number of hydrogen-bond acceptors (Lipinski definition) is 5. The van der Waals surface area contributed by atoms with Gasteiger partial charge in [-0.2, -0.15) is 0 Å². The number of fused-ring (bicyclic) bond motifs is 1. The number of ether oxygens (including phenoxy) is 3. The van der Waals surface area contributed by atoms with Gasteiger partial charge in [-0.1, -0.05) is 12.1 Å². The molecule has 30 heavy (non-hydrogen) atoms. The number of nitrogens with zero attached hydrogens (tertiary/aromatic N) is 1. The van der Waals surface area contributed by atoms with Crippen molar-refractivity contribution in [1.29, 1.82) is 0 Å². The lowest BCUT2D eigenvalue weighted by molar-refractivity contribution is -0.126. The van der Waals surface area contributed by atoms with Gasteiger partial charge in [0.15, 0.2) is 11.5 Å². The molecule has 1 heterocycles. The molecule has 4 rings (SSSR count). The lowest BCUT2D eigenvalue weighted by atomic mass is 9.92. The van der Waals surface area contributed by atoms with Gasteiger partial charge in [0.2, 0.25) is 12.7 Å². The summed E-state index contributed by atoms with van der Waals surface area (Å²) in [6, 6.07) is 11.4. The first kappa shape index (κ1) is 20.5. The monoisotopic (exact) mass is 414 g/mol. The first-order chi connectivity index (χ1) is 14.5. The Kier molecular flexibility index (Phi) is 6.08. The highest BCUT2D eigenvalue weighted by Gasteiger charge is 2.28. The fraction of sp³-hybridized carbons (Fsp3) is 0.435. The number of rotatable bonds is 6. The summed E-state index contributed by atoms with van der Waals surface area (Å²) in [5.74, 6) is 1.86. The van der Waals surface area contributed by atoms with Crippen LogP contribution in [0.25, 0.3) is 0 Å². The standard InChI is InChI=1S/C23H27FN2O4/c1-26(2)22(15-3-5-16(24)6-4-15)23(27)25-17-7-9-18(10-8-17)30-19-11-12-20-21(13-19)29-14-28-20/h3-6,11-13,17-18,22H,7-10,14H2,1-2H3,(H,25,27). The van der Waals surface area contributed by atoms with Gasteiger partial charge in [-0.15, -0.1) is 0 Å². The molecule has 0 saturated heterocycles. The fourth-order valence-corrected chi connectivity index (χ4v) is 4.08. The molecule has 2 aromatic rings. The minimum atomic E-state index is -0.451. The Bertz CT molecular complexity index is 879. The minimum absolute atomic E-state index is 0.0632. The number of carbonyl (C=O) groups is 1. The zero-order valence-corrected chi connectivity index (χ0v) is 17.3. The summed E-state index contributed by atoms with van der Waals surface area (Å²) in [6.45, 7) is 0.245. The summed E-state index contributed by atoms with van der Waals surface area (Å²) in [5, 5.41) is 3.17. The summed E-state index contributed by atoms with van der Waals surface area (Å²) in [7, 11) is 3.70. The van der Waals surface area contributed by atoms with E-state index >= 15 is 0 Å². The summed E-state index contributed by atoms with van der Waals surface area (Å²) in [6.07, 6.45) is 3.54. The number of benzene rings is 2. The van der Waals surface area contributed by atoms with Crippen molar-refractivity contribution in [2.24, 2.45) is 0 Å². The van der Waals surface area contributed by atoms with Crippen molar-refractivity contribution in [3.8, 4) is 17.2 Å².